The van der Waals surface area contributed by atoms with Gasteiger partial charge < -0.3 is 24.3 Å². The van der Waals surface area contributed by atoms with Crippen LogP contribution in [-0.2, 0) is 25.6 Å². The Morgan fingerprint density at radius 1 is 1.43 bits per heavy atom. The zero-order valence-corrected chi connectivity index (χ0v) is 12.3. The van der Waals surface area contributed by atoms with Crippen LogP contribution >= 0.6 is 0 Å². The second-order valence-electron chi connectivity index (χ2n) is 4.79. The third kappa shape index (κ3) is 5.00. The Morgan fingerprint density at radius 2 is 2.19 bits per heavy atom. The summed E-state index contributed by atoms with van der Waals surface area (Å²) in [4.78, 5) is 11.6. The minimum Gasteiger partial charge on any atom is -0.445 e. The van der Waals surface area contributed by atoms with Gasteiger partial charge in [-0.2, -0.15) is 0 Å². The van der Waals surface area contributed by atoms with E-state index in [9.17, 15) is 4.79 Å². The fraction of sp³-hybridized carbons (Fsp3) is 0.533. The van der Waals surface area contributed by atoms with Gasteiger partial charge in [-0.15, -0.1) is 0 Å². The third-order valence-corrected chi connectivity index (χ3v) is 3.01. The largest absolute Gasteiger partial charge is 0.445 e. The Bertz CT molecular complexity index is 453. The molecule has 1 heterocycles. The molecule has 1 amide bonds. The number of carbonyl (C=O) groups is 1. The molecule has 1 aliphatic rings. The number of benzene rings is 1. The fourth-order valence-corrected chi connectivity index (χ4v) is 2.02. The molecule has 6 nitrogen and oxygen atoms in total. The molecule has 1 N–H and O–H groups in total. The van der Waals surface area contributed by atoms with Crippen molar-refractivity contribution in [1.82, 2.24) is 5.32 Å². The molecule has 2 rings (SSSR count). The van der Waals surface area contributed by atoms with Gasteiger partial charge in [-0.25, -0.2) is 4.79 Å². The van der Waals surface area contributed by atoms with Crippen molar-refractivity contribution in [2.24, 2.45) is 0 Å². The molecule has 0 radical (unpaired) electrons. The van der Waals surface area contributed by atoms with E-state index in [4.69, 9.17) is 18.9 Å². The number of hydrogen-bond acceptors (Lipinski definition) is 5. The lowest BCUT2D eigenvalue weighted by molar-refractivity contribution is -0.322. The highest BCUT2D eigenvalue weighted by molar-refractivity contribution is 5.67. The zero-order valence-electron chi connectivity index (χ0n) is 12.3. The van der Waals surface area contributed by atoms with Gasteiger partial charge in [0.15, 0.2) is 0 Å². The van der Waals surface area contributed by atoms with Crippen LogP contribution in [0.4, 0.5) is 4.79 Å². The molecule has 0 bridgehead atoms. The van der Waals surface area contributed by atoms with Crippen molar-refractivity contribution in [2.75, 3.05) is 19.8 Å². The van der Waals surface area contributed by atoms with Gasteiger partial charge in [-0.3, -0.25) is 0 Å². The van der Waals surface area contributed by atoms with E-state index in [2.05, 4.69) is 5.32 Å². The SMILES string of the molecule is CCOC1(C)OC[C@H](CNC(=O)OCc2ccccc2)O1. The van der Waals surface area contributed by atoms with Gasteiger partial charge in [-0.05, 0) is 12.5 Å². The number of amides is 1. The van der Waals surface area contributed by atoms with E-state index in [1.54, 1.807) is 6.92 Å². The first-order chi connectivity index (χ1) is 10.1. The molecule has 0 saturated carbocycles. The maximum absolute atomic E-state index is 11.6. The Labute approximate surface area is 124 Å². The summed E-state index contributed by atoms with van der Waals surface area (Å²) in [5.74, 6) is -1.02. The maximum atomic E-state index is 11.6. The van der Waals surface area contributed by atoms with Crippen LogP contribution in [0.15, 0.2) is 30.3 Å². The van der Waals surface area contributed by atoms with E-state index in [1.165, 1.54) is 0 Å². The summed E-state index contributed by atoms with van der Waals surface area (Å²) < 4.78 is 21.5. The monoisotopic (exact) mass is 295 g/mol. The van der Waals surface area contributed by atoms with Gasteiger partial charge in [0.25, 0.3) is 5.97 Å². The molecule has 116 valence electrons. The predicted molar refractivity (Wildman–Crippen MR) is 75.5 cm³/mol. The average Bonchev–Trinajstić information content (AvgIpc) is 2.86. The highest BCUT2D eigenvalue weighted by atomic mass is 16.9. The third-order valence-electron chi connectivity index (χ3n) is 3.01. The van der Waals surface area contributed by atoms with E-state index in [-0.39, 0.29) is 12.7 Å². The Kier molecular flexibility index (Phi) is 5.55. The number of rotatable bonds is 6. The molecule has 0 aromatic heterocycles. The van der Waals surface area contributed by atoms with Crippen LogP contribution in [-0.4, -0.2) is 37.9 Å². The van der Waals surface area contributed by atoms with Crippen molar-refractivity contribution in [3.8, 4) is 0 Å². The van der Waals surface area contributed by atoms with Crippen LogP contribution in [0, 0.1) is 0 Å². The van der Waals surface area contributed by atoms with E-state index in [0.717, 1.165) is 5.56 Å². The average molecular weight is 295 g/mol. The Balaban J connectivity index is 1.66. The lowest BCUT2D eigenvalue weighted by Gasteiger charge is -2.22. The van der Waals surface area contributed by atoms with Crippen LogP contribution in [0.1, 0.15) is 19.4 Å². The summed E-state index contributed by atoms with van der Waals surface area (Å²) in [5, 5.41) is 2.65. The van der Waals surface area contributed by atoms with Crippen molar-refractivity contribution in [1.29, 1.82) is 0 Å². The lowest BCUT2D eigenvalue weighted by atomic mass is 10.2. The molecule has 1 unspecified atom stereocenters. The first-order valence-electron chi connectivity index (χ1n) is 7.01. The Hall–Kier alpha value is -1.63. The van der Waals surface area contributed by atoms with Crippen molar-refractivity contribution < 1.29 is 23.7 Å². The van der Waals surface area contributed by atoms with E-state index in [0.29, 0.717) is 19.8 Å². The zero-order chi connectivity index (χ0) is 15.1. The summed E-state index contributed by atoms with van der Waals surface area (Å²) >= 11 is 0. The highest BCUT2D eigenvalue weighted by Crippen LogP contribution is 2.24. The molecule has 1 saturated heterocycles. The molecule has 2 atom stereocenters. The van der Waals surface area contributed by atoms with Gasteiger partial charge in [0, 0.05) is 20.1 Å². The van der Waals surface area contributed by atoms with E-state index in [1.807, 2.05) is 37.3 Å². The van der Waals surface area contributed by atoms with Crippen molar-refractivity contribution in [3.63, 3.8) is 0 Å². The maximum Gasteiger partial charge on any atom is 0.407 e. The van der Waals surface area contributed by atoms with Gasteiger partial charge in [-0.1, -0.05) is 30.3 Å². The van der Waals surface area contributed by atoms with E-state index < -0.39 is 12.1 Å². The normalized spacial score (nSPS) is 24.8. The predicted octanol–water partition coefficient (Wildman–Crippen LogP) is 2.04. The van der Waals surface area contributed by atoms with Crippen molar-refractivity contribution in [3.05, 3.63) is 35.9 Å². The molecule has 1 aromatic carbocycles. The van der Waals surface area contributed by atoms with Gasteiger partial charge >= 0.3 is 6.09 Å². The van der Waals surface area contributed by atoms with Crippen molar-refractivity contribution >= 4 is 6.09 Å². The molecule has 21 heavy (non-hydrogen) atoms. The molecular weight excluding hydrogens is 274 g/mol. The van der Waals surface area contributed by atoms with Gasteiger partial charge in [0.2, 0.25) is 0 Å². The molecule has 0 spiro atoms. The van der Waals surface area contributed by atoms with Crippen molar-refractivity contribution in [2.45, 2.75) is 32.5 Å². The number of alkyl carbamates (subject to hydrolysis) is 1. The summed E-state index contributed by atoms with van der Waals surface area (Å²) in [7, 11) is 0. The second kappa shape index (κ2) is 7.40. The molecule has 1 fully saturated rings. The topological polar surface area (TPSA) is 66.0 Å². The van der Waals surface area contributed by atoms with Crippen LogP contribution in [0.5, 0.6) is 0 Å². The standard InChI is InChI=1S/C15H21NO5/c1-3-19-15(2)20-11-13(21-15)9-16-14(17)18-10-12-7-5-4-6-8-12/h4-8,13H,3,9-11H2,1-2H3,(H,16,17)/t13-,15?/m0/s1. The van der Waals surface area contributed by atoms with Gasteiger partial charge in [0.05, 0.1) is 6.61 Å². The molecule has 1 aromatic rings. The molecule has 1 aliphatic heterocycles. The number of carbonyl (C=O) groups excluding carboxylic acids is 1. The summed E-state index contributed by atoms with van der Waals surface area (Å²) in [6.45, 7) is 5.00. The van der Waals surface area contributed by atoms with Crippen LogP contribution in [0.3, 0.4) is 0 Å². The van der Waals surface area contributed by atoms with Crippen LogP contribution in [0.25, 0.3) is 0 Å². The number of nitrogens with one attached hydrogen (secondary N) is 1. The minimum absolute atomic E-state index is 0.241. The summed E-state index contributed by atoms with van der Waals surface area (Å²) in [6.07, 6.45) is -0.724. The highest BCUT2D eigenvalue weighted by Gasteiger charge is 2.38. The summed E-state index contributed by atoms with van der Waals surface area (Å²) in [6, 6.07) is 9.50. The van der Waals surface area contributed by atoms with Crippen LogP contribution < -0.4 is 5.32 Å². The molecule has 0 aliphatic carbocycles. The van der Waals surface area contributed by atoms with Crippen LogP contribution in [0.2, 0.25) is 0 Å². The first kappa shape index (κ1) is 15.8. The molecule has 6 heteroatoms. The quantitative estimate of drug-likeness (QED) is 0.870. The first-order valence-corrected chi connectivity index (χ1v) is 7.01. The lowest BCUT2D eigenvalue weighted by Crippen LogP contribution is -2.36. The fourth-order valence-electron chi connectivity index (χ4n) is 2.02. The minimum atomic E-state index is -1.02. The van der Waals surface area contributed by atoms with E-state index >= 15 is 0 Å². The second-order valence-corrected chi connectivity index (χ2v) is 4.79. The number of ether oxygens (including phenoxy) is 4. The molecular formula is C15H21NO5. The number of hydrogen-bond donors (Lipinski definition) is 1. The Morgan fingerprint density at radius 3 is 2.90 bits per heavy atom. The van der Waals surface area contributed by atoms with Gasteiger partial charge in [0.1, 0.15) is 12.7 Å². The smallest absolute Gasteiger partial charge is 0.407 e. The summed E-state index contributed by atoms with van der Waals surface area (Å²) in [5.41, 5.74) is 0.942.